The first-order valence-corrected chi connectivity index (χ1v) is 6.47. The lowest BCUT2D eigenvalue weighted by Gasteiger charge is -2.11. The van der Waals surface area contributed by atoms with Crippen LogP contribution in [0, 0.1) is 6.92 Å². The number of anilines is 2. The molecule has 0 bridgehead atoms. The predicted octanol–water partition coefficient (Wildman–Crippen LogP) is 1.89. The maximum absolute atomic E-state index is 11.6. The van der Waals surface area contributed by atoms with E-state index in [1.54, 1.807) is 13.0 Å². The Kier molecular flexibility index (Phi) is 6.02. The number of rotatable bonds is 6. The predicted molar refractivity (Wildman–Crippen MR) is 77.3 cm³/mol. The van der Waals surface area contributed by atoms with Gasteiger partial charge < -0.3 is 16.0 Å². The average Bonchev–Trinajstić information content (AvgIpc) is 2.40. The van der Waals surface area contributed by atoms with Crippen molar-refractivity contribution in [2.45, 2.75) is 27.2 Å². The second kappa shape index (κ2) is 7.53. The van der Waals surface area contributed by atoms with Crippen molar-refractivity contribution in [1.29, 1.82) is 0 Å². The molecule has 0 spiro atoms. The molecule has 5 heteroatoms. The number of amides is 2. The van der Waals surface area contributed by atoms with Crippen LogP contribution in [0.2, 0.25) is 0 Å². The molecule has 1 aromatic rings. The van der Waals surface area contributed by atoms with Gasteiger partial charge in [0.1, 0.15) is 0 Å². The van der Waals surface area contributed by atoms with Crippen molar-refractivity contribution in [3.05, 3.63) is 23.8 Å². The molecule has 0 atom stereocenters. The molecule has 0 aliphatic carbocycles. The lowest BCUT2D eigenvalue weighted by Crippen LogP contribution is -2.27. The van der Waals surface area contributed by atoms with Crippen LogP contribution < -0.4 is 16.0 Å². The standard InChI is InChI=1S/C14H21N3O2/c1-4-13(18)17-12-8-11(7-6-10(12)3)16-14(19)9-15-5-2/h6-8,15H,4-5,9H2,1-3H3,(H,16,19)(H,17,18). The highest BCUT2D eigenvalue weighted by molar-refractivity contribution is 5.95. The molecule has 0 radical (unpaired) electrons. The topological polar surface area (TPSA) is 70.2 Å². The fourth-order valence-electron chi connectivity index (χ4n) is 1.52. The van der Waals surface area contributed by atoms with Crippen LogP contribution in [-0.4, -0.2) is 24.9 Å². The molecule has 0 fully saturated rings. The second-order valence-corrected chi connectivity index (χ2v) is 4.26. The maximum atomic E-state index is 11.6. The minimum Gasteiger partial charge on any atom is -0.326 e. The summed E-state index contributed by atoms with van der Waals surface area (Å²) in [7, 11) is 0. The number of hydrogen-bond acceptors (Lipinski definition) is 3. The number of nitrogens with one attached hydrogen (secondary N) is 3. The highest BCUT2D eigenvalue weighted by atomic mass is 16.2. The number of aryl methyl sites for hydroxylation is 1. The number of benzene rings is 1. The van der Waals surface area contributed by atoms with Crippen molar-refractivity contribution in [3.8, 4) is 0 Å². The summed E-state index contributed by atoms with van der Waals surface area (Å²) >= 11 is 0. The molecule has 0 unspecified atom stereocenters. The first-order valence-electron chi connectivity index (χ1n) is 6.47. The van der Waals surface area contributed by atoms with Gasteiger partial charge in [0.25, 0.3) is 0 Å². The van der Waals surface area contributed by atoms with Gasteiger partial charge in [0, 0.05) is 17.8 Å². The molecule has 2 amide bonds. The van der Waals surface area contributed by atoms with E-state index in [0.717, 1.165) is 17.8 Å². The fourth-order valence-corrected chi connectivity index (χ4v) is 1.52. The Morgan fingerprint density at radius 2 is 1.84 bits per heavy atom. The van der Waals surface area contributed by atoms with Crippen LogP contribution in [0.15, 0.2) is 18.2 Å². The Morgan fingerprint density at radius 1 is 1.11 bits per heavy atom. The molecule has 0 saturated heterocycles. The van der Waals surface area contributed by atoms with Crippen molar-refractivity contribution in [2.24, 2.45) is 0 Å². The minimum absolute atomic E-state index is 0.0424. The van der Waals surface area contributed by atoms with Gasteiger partial charge in [-0.05, 0) is 31.2 Å². The van der Waals surface area contributed by atoms with Gasteiger partial charge in [-0.25, -0.2) is 0 Å². The average molecular weight is 263 g/mol. The van der Waals surface area contributed by atoms with Crippen LogP contribution >= 0.6 is 0 Å². The Hall–Kier alpha value is -1.88. The third-order valence-corrected chi connectivity index (χ3v) is 2.65. The lowest BCUT2D eigenvalue weighted by atomic mass is 10.1. The van der Waals surface area contributed by atoms with Gasteiger partial charge in [-0.3, -0.25) is 9.59 Å². The molecule has 0 heterocycles. The molecule has 3 N–H and O–H groups in total. The van der Waals surface area contributed by atoms with Crippen LogP contribution in [0.4, 0.5) is 11.4 Å². The zero-order chi connectivity index (χ0) is 14.3. The lowest BCUT2D eigenvalue weighted by molar-refractivity contribution is -0.116. The largest absolute Gasteiger partial charge is 0.326 e. The van der Waals surface area contributed by atoms with E-state index < -0.39 is 0 Å². The van der Waals surface area contributed by atoms with Crippen LogP contribution in [0.25, 0.3) is 0 Å². The zero-order valence-corrected chi connectivity index (χ0v) is 11.7. The first kappa shape index (κ1) is 15.2. The number of likely N-dealkylation sites (N-methyl/N-ethyl adjacent to an activating group) is 1. The summed E-state index contributed by atoms with van der Waals surface area (Å²) < 4.78 is 0. The van der Waals surface area contributed by atoms with Gasteiger partial charge in [-0.1, -0.05) is 19.9 Å². The van der Waals surface area contributed by atoms with Gasteiger partial charge in [0.05, 0.1) is 6.54 Å². The molecular formula is C14H21N3O2. The molecule has 104 valence electrons. The summed E-state index contributed by atoms with van der Waals surface area (Å²) in [6, 6.07) is 5.46. The Morgan fingerprint density at radius 3 is 2.47 bits per heavy atom. The van der Waals surface area contributed by atoms with E-state index in [0.29, 0.717) is 12.1 Å². The van der Waals surface area contributed by atoms with E-state index in [4.69, 9.17) is 0 Å². The second-order valence-electron chi connectivity index (χ2n) is 4.26. The molecule has 1 aromatic carbocycles. The summed E-state index contributed by atoms with van der Waals surface area (Å²) in [5.41, 5.74) is 2.37. The van der Waals surface area contributed by atoms with Gasteiger partial charge in [0.2, 0.25) is 11.8 Å². The van der Waals surface area contributed by atoms with Crippen molar-refractivity contribution in [1.82, 2.24) is 5.32 Å². The molecule has 5 nitrogen and oxygen atoms in total. The van der Waals surface area contributed by atoms with E-state index >= 15 is 0 Å². The van der Waals surface area contributed by atoms with Gasteiger partial charge in [-0.2, -0.15) is 0 Å². The molecule has 0 saturated carbocycles. The summed E-state index contributed by atoms with van der Waals surface area (Å²) in [5.74, 6) is -0.141. The highest BCUT2D eigenvalue weighted by Crippen LogP contribution is 2.20. The van der Waals surface area contributed by atoms with E-state index in [9.17, 15) is 9.59 Å². The molecule has 0 aliphatic heterocycles. The van der Waals surface area contributed by atoms with Gasteiger partial charge in [0.15, 0.2) is 0 Å². The number of hydrogen-bond donors (Lipinski definition) is 3. The Balaban J connectivity index is 2.72. The van der Waals surface area contributed by atoms with Crippen LogP contribution in [0.5, 0.6) is 0 Å². The molecule has 0 aromatic heterocycles. The summed E-state index contributed by atoms with van der Waals surface area (Å²) in [4.78, 5) is 23.0. The fraction of sp³-hybridized carbons (Fsp3) is 0.429. The van der Waals surface area contributed by atoms with E-state index in [1.165, 1.54) is 0 Å². The summed E-state index contributed by atoms with van der Waals surface area (Å²) in [6.07, 6.45) is 0.427. The number of carbonyl (C=O) groups is 2. The van der Waals surface area contributed by atoms with Gasteiger partial charge in [-0.15, -0.1) is 0 Å². The minimum atomic E-state index is -0.0986. The van der Waals surface area contributed by atoms with Crippen molar-refractivity contribution in [3.63, 3.8) is 0 Å². The first-order chi connectivity index (χ1) is 9.06. The summed E-state index contributed by atoms with van der Waals surface area (Å²) in [5, 5.41) is 8.55. The van der Waals surface area contributed by atoms with Crippen molar-refractivity contribution < 1.29 is 9.59 Å². The smallest absolute Gasteiger partial charge is 0.238 e. The monoisotopic (exact) mass is 263 g/mol. The van der Waals surface area contributed by atoms with Gasteiger partial charge >= 0.3 is 0 Å². The summed E-state index contributed by atoms with van der Waals surface area (Å²) in [6.45, 7) is 6.68. The van der Waals surface area contributed by atoms with Crippen LogP contribution in [-0.2, 0) is 9.59 Å². The molecule has 1 rings (SSSR count). The number of carbonyl (C=O) groups excluding carboxylic acids is 2. The SMILES string of the molecule is CCNCC(=O)Nc1ccc(C)c(NC(=O)CC)c1. The third-order valence-electron chi connectivity index (χ3n) is 2.65. The molecule has 19 heavy (non-hydrogen) atoms. The quantitative estimate of drug-likeness (QED) is 0.734. The third kappa shape index (κ3) is 5.09. The zero-order valence-electron chi connectivity index (χ0n) is 11.7. The normalized spacial score (nSPS) is 10.1. The van der Waals surface area contributed by atoms with Crippen molar-refractivity contribution in [2.75, 3.05) is 23.7 Å². The Bertz CT molecular complexity index is 458. The van der Waals surface area contributed by atoms with E-state index in [1.807, 2.05) is 26.0 Å². The van der Waals surface area contributed by atoms with E-state index in [2.05, 4.69) is 16.0 Å². The molecule has 0 aliphatic rings. The van der Waals surface area contributed by atoms with Crippen molar-refractivity contribution >= 4 is 23.2 Å². The van der Waals surface area contributed by atoms with Crippen LogP contribution in [0.3, 0.4) is 0 Å². The highest BCUT2D eigenvalue weighted by Gasteiger charge is 2.06. The maximum Gasteiger partial charge on any atom is 0.238 e. The Labute approximate surface area is 113 Å². The van der Waals surface area contributed by atoms with E-state index in [-0.39, 0.29) is 18.4 Å². The van der Waals surface area contributed by atoms with Crippen LogP contribution in [0.1, 0.15) is 25.8 Å². The molecular weight excluding hydrogens is 242 g/mol.